The number of fused-ring (bicyclic) bond motifs is 1. The van der Waals surface area contributed by atoms with Crippen LogP contribution < -0.4 is 10.3 Å². The van der Waals surface area contributed by atoms with E-state index in [1.54, 1.807) is 7.11 Å². The summed E-state index contributed by atoms with van der Waals surface area (Å²) in [7, 11) is 1.64. The Morgan fingerprint density at radius 2 is 1.91 bits per heavy atom. The molecule has 2 N–H and O–H groups in total. The lowest BCUT2D eigenvalue weighted by Gasteiger charge is -2.35. The highest BCUT2D eigenvalue weighted by Gasteiger charge is 2.25. The van der Waals surface area contributed by atoms with E-state index in [1.807, 2.05) is 29.6 Å². The highest BCUT2D eigenvalue weighted by molar-refractivity contribution is 7.17. The van der Waals surface area contributed by atoms with E-state index in [4.69, 9.17) is 14.5 Å². The quantitative estimate of drug-likeness (QED) is 0.393. The van der Waals surface area contributed by atoms with Gasteiger partial charge in [0.05, 0.1) is 31.8 Å². The molecule has 35 heavy (non-hydrogen) atoms. The summed E-state index contributed by atoms with van der Waals surface area (Å²) in [6.45, 7) is 6.17. The Hall–Kier alpha value is -2.26. The van der Waals surface area contributed by atoms with Gasteiger partial charge in [-0.15, -0.1) is 11.3 Å². The number of benzene rings is 1. The van der Waals surface area contributed by atoms with Gasteiger partial charge in [0.1, 0.15) is 16.4 Å². The first-order valence-electron chi connectivity index (χ1n) is 12.6. The molecule has 190 valence electrons. The topological polar surface area (TPSA) is 87.7 Å². The van der Waals surface area contributed by atoms with Crippen LogP contribution in [0.1, 0.15) is 51.8 Å². The number of nitrogens with one attached hydrogen (secondary N) is 1. The number of aromatic amines is 1. The summed E-state index contributed by atoms with van der Waals surface area (Å²) in [6.07, 6.45) is 5.28. The van der Waals surface area contributed by atoms with Gasteiger partial charge in [-0.05, 0) is 36.5 Å². The number of rotatable bonds is 11. The smallest absolute Gasteiger partial charge is 0.260 e. The van der Waals surface area contributed by atoms with Gasteiger partial charge in [-0.2, -0.15) is 0 Å². The number of aliphatic hydroxyl groups is 1. The molecule has 1 aliphatic carbocycles. The van der Waals surface area contributed by atoms with Crippen molar-refractivity contribution < 1.29 is 14.6 Å². The van der Waals surface area contributed by atoms with Crippen LogP contribution in [0.2, 0.25) is 0 Å². The van der Waals surface area contributed by atoms with Gasteiger partial charge in [-0.1, -0.05) is 45.2 Å². The predicted molar refractivity (Wildman–Crippen MR) is 141 cm³/mol. The van der Waals surface area contributed by atoms with E-state index in [-0.39, 0.29) is 5.56 Å². The Labute approximate surface area is 211 Å². The minimum Gasteiger partial charge on any atom is -0.497 e. The molecule has 0 amide bonds. The van der Waals surface area contributed by atoms with Crippen LogP contribution in [-0.4, -0.2) is 59.0 Å². The lowest BCUT2D eigenvalue weighted by atomic mass is 9.94. The molecule has 0 bridgehead atoms. The first kappa shape index (κ1) is 25.8. The first-order valence-corrected chi connectivity index (χ1v) is 13.5. The second kappa shape index (κ2) is 12.1. The Morgan fingerprint density at radius 3 is 2.60 bits per heavy atom. The molecular formula is C27H37N3O4S. The van der Waals surface area contributed by atoms with Crippen molar-refractivity contribution in [2.24, 2.45) is 5.92 Å². The van der Waals surface area contributed by atoms with E-state index in [0.29, 0.717) is 49.5 Å². The molecule has 2 heterocycles. The summed E-state index contributed by atoms with van der Waals surface area (Å²) in [4.78, 5) is 24.0. The third-order valence-electron chi connectivity index (χ3n) is 6.54. The zero-order chi connectivity index (χ0) is 24.8. The van der Waals surface area contributed by atoms with Gasteiger partial charge in [-0.25, -0.2) is 4.98 Å². The van der Waals surface area contributed by atoms with Gasteiger partial charge in [0.25, 0.3) is 5.56 Å². The summed E-state index contributed by atoms with van der Waals surface area (Å²) in [5.41, 5.74) is 1.72. The fraction of sp³-hybridized carbons (Fsp3) is 0.556. The van der Waals surface area contributed by atoms with Crippen LogP contribution >= 0.6 is 11.3 Å². The van der Waals surface area contributed by atoms with Crippen molar-refractivity contribution in [1.29, 1.82) is 0 Å². The molecule has 1 atom stereocenters. The molecular weight excluding hydrogens is 462 g/mol. The van der Waals surface area contributed by atoms with Crippen LogP contribution in [0.25, 0.3) is 21.3 Å². The van der Waals surface area contributed by atoms with E-state index >= 15 is 0 Å². The van der Waals surface area contributed by atoms with Crippen molar-refractivity contribution in [3.8, 4) is 16.9 Å². The summed E-state index contributed by atoms with van der Waals surface area (Å²) in [6, 6.07) is 8.09. The number of ether oxygens (including phenoxy) is 2. The fourth-order valence-corrected chi connectivity index (χ4v) is 5.76. The first-order chi connectivity index (χ1) is 16.9. The number of nitrogens with zero attached hydrogens (tertiary/aromatic N) is 2. The van der Waals surface area contributed by atoms with Gasteiger partial charge in [0.2, 0.25) is 0 Å². The van der Waals surface area contributed by atoms with Crippen molar-refractivity contribution in [3.05, 3.63) is 45.8 Å². The molecule has 7 nitrogen and oxygen atoms in total. The van der Waals surface area contributed by atoms with E-state index < -0.39 is 6.10 Å². The molecule has 2 aromatic heterocycles. The minimum absolute atomic E-state index is 0.124. The molecule has 4 rings (SSSR count). The highest BCUT2D eigenvalue weighted by Crippen LogP contribution is 2.32. The zero-order valence-electron chi connectivity index (χ0n) is 21.0. The summed E-state index contributed by atoms with van der Waals surface area (Å²) in [5.74, 6) is 1.86. The lowest BCUT2D eigenvalue weighted by molar-refractivity contribution is -0.00502. The van der Waals surface area contributed by atoms with Crippen LogP contribution in [0, 0.1) is 5.92 Å². The van der Waals surface area contributed by atoms with Crippen molar-refractivity contribution in [1.82, 2.24) is 14.9 Å². The second-order valence-electron chi connectivity index (χ2n) is 9.88. The molecule has 1 fully saturated rings. The number of thiophene rings is 1. The average molecular weight is 500 g/mol. The summed E-state index contributed by atoms with van der Waals surface area (Å²) in [5, 5.41) is 13.3. The second-order valence-corrected chi connectivity index (χ2v) is 10.7. The fourth-order valence-electron chi connectivity index (χ4n) is 4.80. The Balaban J connectivity index is 1.54. The molecule has 0 spiro atoms. The van der Waals surface area contributed by atoms with E-state index in [2.05, 4.69) is 23.7 Å². The van der Waals surface area contributed by atoms with Crippen molar-refractivity contribution >= 4 is 21.6 Å². The van der Waals surface area contributed by atoms with Crippen LogP contribution in [-0.2, 0) is 11.3 Å². The molecule has 1 aliphatic rings. The number of aliphatic hydroxyl groups excluding tert-OH is 1. The third kappa shape index (κ3) is 6.70. The predicted octanol–water partition coefficient (Wildman–Crippen LogP) is 4.83. The molecule has 0 saturated heterocycles. The molecule has 8 heteroatoms. The van der Waals surface area contributed by atoms with Gasteiger partial charge in [0.15, 0.2) is 0 Å². The molecule has 1 unspecified atom stereocenters. The van der Waals surface area contributed by atoms with Crippen LogP contribution in [0.4, 0.5) is 0 Å². The highest BCUT2D eigenvalue weighted by atomic mass is 32.1. The normalized spacial score (nSPS) is 15.8. The van der Waals surface area contributed by atoms with Gasteiger partial charge in [0, 0.05) is 30.1 Å². The number of H-pyrrole nitrogens is 1. The van der Waals surface area contributed by atoms with Crippen LogP contribution in [0.3, 0.4) is 0 Å². The molecule has 1 aromatic carbocycles. The summed E-state index contributed by atoms with van der Waals surface area (Å²) < 4.78 is 10.9. The van der Waals surface area contributed by atoms with Crippen molar-refractivity contribution in [2.45, 2.75) is 64.6 Å². The zero-order valence-corrected chi connectivity index (χ0v) is 21.8. The maximum atomic E-state index is 13.2. The van der Waals surface area contributed by atoms with Crippen LogP contribution in [0.15, 0.2) is 34.4 Å². The maximum absolute atomic E-state index is 13.2. The largest absolute Gasteiger partial charge is 0.497 e. The number of methoxy groups -OCH3 is 1. The number of hydrogen-bond donors (Lipinski definition) is 2. The third-order valence-corrected chi connectivity index (χ3v) is 7.42. The molecule has 0 aliphatic heterocycles. The van der Waals surface area contributed by atoms with E-state index in [0.717, 1.165) is 34.5 Å². The number of hydrogen-bond acceptors (Lipinski definition) is 7. The summed E-state index contributed by atoms with van der Waals surface area (Å²) >= 11 is 1.49. The molecule has 0 radical (unpaired) electrons. The SMILES string of the molecule is COc1ccc(-c2csc3nc(CN(CC(O)COCC(C)C)C4CCCCC4)[nH]c(=O)c23)cc1. The monoisotopic (exact) mass is 499 g/mol. The van der Waals surface area contributed by atoms with E-state index in [1.165, 1.54) is 30.6 Å². The van der Waals surface area contributed by atoms with Crippen molar-refractivity contribution in [2.75, 3.05) is 26.9 Å². The maximum Gasteiger partial charge on any atom is 0.260 e. The van der Waals surface area contributed by atoms with Crippen LogP contribution in [0.5, 0.6) is 5.75 Å². The average Bonchev–Trinajstić information content (AvgIpc) is 3.28. The standard InChI is InChI=1S/C27H37N3O4S/c1-18(2)15-34-16-21(31)13-30(20-7-5-4-6-8-20)14-24-28-26(32)25-23(17-35-27(25)29-24)19-9-11-22(33-3)12-10-19/h9-12,17-18,20-21,31H,4-8,13-16H2,1-3H3,(H,28,29,32). The Kier molecular flexibility index (Phi) is 8.94. The van der Waals surface area contributed by atoms with Gasteiger partial charge >= 0.3 is 0 Å². The number of aromatic nitrogens is 2. The van der Waals surface area contributed by atoms with Gasteiger partial charge < -0.3 is 19.6 Å². The van der Waals surface area contributed by atoms with Crippen molar-refractivity contribution in [3.63, 3.8) is 0 Å². The van der Waals surface area contributed by atoms with Gasteiger partial charge in [-0.3, -0.25) is 9.69 Å². The molecule has 3 aromatic rings. The van der Waals surface area contributed by atoms with E-state index in [9.17, 15) is 9.90 Å². The Morgan fingerprint density at radius 1 is 1.17 bits per heavy atom. The Bertz CT molecular complexity index is 1140. The minimum atomic E-state index is -0.574. The lowest BCUT2D eigenvalue weighted by Crippen LogP contribution is -2.43. The molecule has 1 saturated carbocycles.